The van der Waals surface area contributed by atoms with E-state index in [4.69, 9.17) is 5.11 Å². The highest BCUT2D eigenvalue weighted by Crippen LogP contribution is 2.24. The van der Waals surface area contributed by atoms with Gasteiger partial charge in [0.15, 0.2) is 0 Å². The minimum Gasteiger partial charge on any atom is -0.480 e. The molecule has 23 heavy (non-hydrogen) atoms. The van der Waals surface area contributed by atoms with Crippen LogP contribution in [-0.4, -0.2) is 34.2 Å². The molecule has 3 N–H and O–H groups in total. The van der Waals surface area contributed by atoms with Gasteiger partial charge in [-0.2, -0.15) is 13.2 Å². The molecule has 8 heteroatoms. The molecule has 1 unspecified atom stereocenters. The molecule has 2 rings (SSSR count). The highest BCUT2D eigenvalue weighted by atomic mass is 19.4. The molecule has 1 atom stereocenters. The molecule has 0 bridgehead atoms. The molecule has 0 saturated heterocycles. The maximum absolute atomic E-state index is 12.4. The zero-order valence-corrected chi connectivity index (χ0v) is 12.4. The van der Waals surface area contributed by atoms with Gasteiger partial charge in [0.2, 0.25) is 0 Å². The van der Waals surface area contributed by atoms with Gasteiger partial charge in [0.25, 0.3) is 5.91 Å². The van der Waals surface area contributed by atoms with Crippen LogP contribution in [0.5, 0.6) is 0 Å². The van der Waals surface area contributed by atoms with Gasteiger partial charge in [-0.3, -0.25) is 4.79 Å². The minimum atomic E-state index is -4.69. The van der Waals surface area contributed by atoms with Crippen LogP contribution in [0.1, 0.15) is 28.0 Å². The summed E-state index contributed by atoms with van der Waals surface area (Å²) in [5, 5.41) is 11.5. The number of aromatic amines is 1. The van der Waals surface area contributed by atoms with Gasteiger partial charge in [-0.05, 0) is 37.1 Å². The number of alkyl halides is 3. The number of H-pyrrole nitrogens is 1. The zero-order valence-electron chi connectivity index (χ0n) is 12.4. The van der Waals surface area contributed by atoms with Crippen LogP contribution in [0.15, 0.2) is 18.2 Å². The summed E-state index contributed by atoms with van der Waals surface area (Å²) in [6.45, 7) is 3.75. The Morgan fingerprint density at radius 1 is 1.30 bits per heavy atom. The van der Waals surface area contributed by atoms with E-state index in [0.717, 1.165) is 16.5 Å². The quantitative estimate of drug-likeness (QED) is 0.807. The standard InChI is InChI=1S/C15H15F3N2O3/c1-7-3-4-10-9(8(7)2)5-11(19-10)13(21)20-12(14(22)23)6-15(16,17)18/h3-5,12,19H,6H2,1-2H3,(H,20,21)(H,22,23). The first-order valence-corrected chi connectivity index (χ1v) is 6.78. The van der Waals surface area contributed by atoms with Gasteiger partial charge in [0, 0.05) is 10.9 Å². The number of hydrogen-bond acceptors (Lipinski definition) is 2. The number of carbonyl (C=O) groups is 2. The summed E-state index contributed by atoms with van der Waals surface area (Å²) in [7, 11) is 0. The van der Waals surface area contributed by atoms with Gasteiger partial charge in [0.1, 0.15) is 11.7 Å². The van der Waals surface area contributed by atoms with E-state index in [2.05, 4.69) is 4.98 Å². The number of aliphatic carboxylic acids is 1. The first-order valence-electron chi connectivity index (χ1n) is 6.78. The van der Waals surface area contributed by atoms with E-state index in [1.54, 1.807) is 6.07 Å². The SMILES string of the molecule is Cc1ccc2[nH]c(C(=O)NC(CC(F)(F)F)C(=O)O)cc2c1C. The van der Waals surface area contributed by atoms with Crippen LogP contribution in [-0.2, 0) is 4.79 Å². The van der Waals surface area contributed by atoms with Gasteiger partial charge >= 0.3 is 12.1 Å². The summed E-state index contributed by atoms with van der Waals surface area (Å²) >= 11 is 0. The number of rotatable bonds is 4. The number of carboxylic acids is 1. The average molecular weight is 328 g/mol. The number of carboxylic acid groups (broad SMARTS) is 1. The molecular formula is C15H15F3N2O3. The van der Waals surface area contributed by atoms with Crippen LogP contribution in [0.4, 0.5) is 13.2 Å². The Hall–Kier alpha value is -2.51. The molecule has 1 aromatic heterocycles. The Labute approximate surface area is 129 Å². The highest BCUT2D eigenvalue weighted by Gasteiger charge is 2.36. The predicted octanol–water partition coefficient (Wildman–Crippen LogP) is 2.92. The van der Waals surface area contributed by atoms with Gasteiger partial charge < -0.3 is 15.4 Å². The van der Waals surface area contributed by atoms with Crippen molar-refractivity contribution in [2.75, 3.05) is 0 Å². The summed E-state index contributed by atoms with van der Waals surface area (Å²) in [4.78, 5) is 25.7. The lowest BCUT2D eigenvalue weighted by molar-refractivity contribution is -0.157. The van der Waals surface area contributed by atoms with Crippen molar-refractivity contribution in [3.63, 3.8) is 0 Å². The highest BCUT2D eigenvalue weighted by molar-refractivity contribution is 6.00. The van der Waals surface area contributed by atoms with E-state index in [0.29, 0.717) is 5.52 Å². The number of hydrogen-bond donors (Lipinski definition) is 3. The molecule has 0 aliphatic carbocycles. The Bertz CT molecular complexity index is 765. The molecule has 0 aliphatic rings. The van der Waals surface area contributed by atoms with Crippen LogP contribution in [0, 0.1) is 13.8 Å². The van der Waals surface area contributed by atoms with Crippen molar-refractivity contribution in [1.29, 1.82) is 0 Å². The Morgan fingerprint density at radius 3 is 2.52 bits per heavy atom. The van der Waals surface area contributed by atoms with E-state index >= 15 is 0 Å². The molecule has 0 spiro atoms. The second-order valence-electron chi connectivity index (χ2n) is 5.34. The first-order chi connectivity index (χ1) is 10.6. The van der Waals surface area contributed by atoms with E-state index in [1.807, 2.05) is 25.2 Å². The summed E-state index contributed by atoms with van der Waals surface area (Å²) in [6, 6.07) is 3.06. The molecule has 2 aromatic rings. The van der Waals surface area contributed by atoms with E-state index < -0.39 is 30.5 Å². The average Bonchev–Trinajstić information content (AvgIpc) is 2.85. The molecule has 5 nitrogen and oxygen atoms in total. The van der Waals surface area contributed by atoms with Gasteiger partial charge in [0.05, 0.1) is 6.42 Å². The fraction of sp³-hybridized carbons (Fsp3) is 0.333. The van der Waals surface area contributed by atoms with Crippen molar-refractivity contribution >= 4 is 22.8 Å². The number of aromatic nitrogens is 1. The monoisotopic (exact) mass is 328 g/mol. The van der Waals surface area contributed by atoms with Crippen LogP contribution in [0.25, 0.3) is 10.9 Å². The van der Waals surface area contributed by atoms with Crippen LogP contribution in [0.2, 0.25) is 0 Å². The fourth-order valence-corrected chi connectivity index (χ4v) is 2.25. The number of nitrogens with one attached hydrogen (secondary N) is 2. The molecule has 1 aromatic carbocycles. The van der Waals surface area contributed by atoms with E-state index in [9.17, 15) is 22.8 Å². The third kappa shape index (κ3) is 3.82. The van der Waals surface area contributed by atoms with Crippen LogP contribution in [0.3, 0.4) is 0 Å². The predicted molar refractivity (Wildman–Crippen MR) is 77.3 cm³/mol. The van der Waals surface area contributed by atoms with E-state index in [1.165, 1.54) is 6.07 Å². The summed E-state index contributed by atoms with van der Waals surface area (Å²) in [6.07, 6.45) is -6.32. The van der Waals surface area contributed by atoms with Gasteiger partial charge in [-0.1, -0.05) is 6.07 Å². The zero-order chi connectivity index (χ0) is 17.4. The molecule has 1 amide bonds. The fourth-order valence-electron chi connectivity index (χ4n) is 2.25. The van der Waals surface area contributed by atoms with Crippen molar-refractivity contribution in [3.8, 4) is 0 Å². The lowest BCUT2D eigenvalue weighted by atomic mass is 10.1. The maximum Gasteiger partial charge on any atom is 0.391 e. The summed E-state index contributed by atoms with van der Waals surface area (Å²) in [5.41, 5.74) is 2.61. The van der Waals surface area contributed by atoms with Crippen molar-refractivity contribution < 1.29 is 27.9 Å². The number of fused-ring (bicyclic) bond motifs is 1. The lowest BCUT2D eigenvalue weighted by Gasteiger charge is -2.15. The minimum absolute atomic E-state index is 0.0159. The Morgan fingerprint density at radius 2 is 1.96 bits per heavy atom. The second-order valence-corrected chi connectivity index (χ2v) is 5.34. The molecular weight excluding hydrogens is 313 g/mol. The van der Waals surface area contributed by atoms with Gasteiger partial charge in [-0.15, -0.1) is 0 Å². The maximum atomic E-state index is 12.4. The third-order valence-corrected chi connectivity index (χ3v) is 3.63. The summed E-state index contributed by atoms with van der Waals surface area (Å²) in [5.74, 6) is -2.63. The van der Waals surface area contributed by atoms with E-state index in [-0.39, 0.29) is 5.69 Å². The molecule has 0 saturated carbocycles. The normalized spacial score (nSPS) is 13.1. The molecule has 0 aliphatic heterocycles. The molecule has 1 heterocycles. The topological polar surface area (TPSA) is 82.2 Å². The lowest BCUT2D eigenvalue weighted by Crippen LogP contribution is -2.43. The number of aryl methyl sites for hydroxylation is 2. The van der Waals surface area contributed by atoms with Crippen molar-refractivity contribution in [2.45, 2.75) is 32.5 Å². The first kappa shape index (κ1) is 16.9. The largest absolute Gasteiger partial charge is 0.480 e. The number of carbonyl (C=O) groups excluding carboxylic acids is 1. The summed E-state index contributed by atoms with van der Waals surface area (Å²) < 4.78 is 37.1. The second kappa shape index (κ2) is 5.94. The molecule has 0 radical (unpaired) electrons. The van der Waals surface area contributed by atoms with Crippen molar-refractivity contribution in [1.82, 2.24) is 10.3 Å². The molecule has 0 fully saturated rings. The van der Waals surface area contributed by atoms with Crippen LogP contribution < -0.4 is 5.32 Å². The number of benzene rings is 1. The molecule has 124 valence electrons. The van der Waals surface area contributed by atoms with Gasteiger partial charge in [-0.25, -0.2) is 4.79 Å². The Balaban J connectivity index is 2.26. The van der Waals surface area contributed by atoms with Crippen LogP contribution >= 0.6 is 0 Å². The Kier molecular flexibility index (Phi) is 4.35. The van der Waals surface area contributed by atoms with Crippen molar-refractivity contribution in [3.05, 3.63) is 35.0 Å². The number of halogens is 3. The number of amides is 1. The third-order valence-electron chi connectivity index (χ3n) is 3.63. The van der Waals surface area contributed by atoms with Crippen molar-refractivity contribution in [2.24, 2.45) is 0 Å². The smallest absolute Gasteiger partial charge is 0.391 e.